The maximum atomic E-state index is 12.2. The van der Waals surface area contributed by atoms with Gasteiger partial charge in [0.05, 0.1) is 12.2 Å². The van der Waals surface area contributed by atoms with Crippen LogP contribution in [0.3, 0.4) is 0 Å². The number of amides is 1. The lowest BCUT2D eigenvalue weighted by Gasteiger charge is -2.14. The lowest BCUT2D eigenvalue weighted by atomic mass is 9.97. The van der Waals surface area contributed by atoms with Gasteiger partial charge in [-0.25, -0.2) is 9.97 Å². The molecule has 23 heavy (non-hydrogen) atoms. The third kappa shape index (κ3) is 4.01. The standard InChI is InChI=1S/C17H19N3O2S/c1-23-17-19-10-14(11-20-17)16(21)18-9-12-6-7-22-15-5-3-2-4-13(15)8-12/h2-5,10-12H,6-9H2,1H3,(H,18,21). The SMILES string of the molecule is CSc1ncc(C(=O)NCC2CCOc3ccccc3C2)cn1. The summed E-state index contributed by atoms with van der Waals surface area (Å²) in [4.78, 5) is 20.4. The maximum Gasteiger partial charge on any atom is 0.254 e. The quantitative estimate of drug-likeness (QED) is 0.690. The molecular weight excluding hydrogens is 310 g/mol. The molecule has 0 radical (unpaired) electrons. The Bertz CT molecular complexity index is 676. The molecule has 3 rings (SSSR count). The van der Waals surface area contributed by atoms with E-state index in [0.29, 0.717) is 29.8 Å². The second kappa shape index (κ2) is 7.46. The van der Waals surface area contributed by atoms with Crippen molar-refractivity contribution < 1.29 is 9.53 Å². The summed E-state index contributed by atoms with van der Waals surface area (Å²) in [5.41, 5.74) is 1.70. The first kappa shape index (κ1) is 15.8. The van der Waals surface area contributed by atoms with Crippen LogP contribution in [0.15, 0.2) is 41.8 Å². The largest absolute Gasteiger partial charge is 0.493 e. The molecule has 1 unspecified atom stereocenters. The Hall–Kier alpha value is -2.08. The number of nitrogens with zero attached hydrogens (tertiary/aromatic N) is 2. The Morgan fingerprint density at radius 3 is 2.91 bits per heavy atom. The summed E-state index contributed by atoms with van der Waals surface area (Å²) >= 11 is 1.45. The van der Waals surface area contributed by atoms with Crippen molar-refractivity contribution in [3.05, 3.63) is 47.8 Å². The fourth-order valence-electron chi connectivity index (χ4n) is 2.61. The van der Waals surface area contributed by atoms with Gasteiger partial charge in [0.1, 0.15) is 5.75 Å². The smallest absolute Gasteiger partial charge is 0.254 e. The van der Waals surface area contributed by atoms with Gasteiger partial charge in [0.25, 0.3) is 5.91 Å². The highest BCUT2D eigenvalue weighted by molar-refractivity contribution is 7.98. The first-order chi connectivity index (χ1) is 11.3. The zero-order valence-electron chi connectivity index (χ0n) is 13.0. The normalized spacial score (nSPS) is 16.8. The number of thioether (sulfide) groups is 1. The summed E-state index contributed by atoms with van der Waals surface area (Å²) in [5.74, 6) is 1.20. The van der Waals surface area contributed by atoms with Gasteiger partial charge < -0.3 is 10.1 Å². The molecule has 1 aromatic heterocycles. The van der Waals surface area contributed by atoms with E-state index in [-0.39, 0.29) is 5.91 Å². The zero-order chi connectivity index (χ0) is 16.1. The van der Waals surface area contributed by atoms with E-state index in [1.807, 2.05) is 24.5 Å². The van der Waals surface area contributed by atoms with E-state index < -0.39 is 0 Å². The highest BCUT2D eigenvalue weighted by Crippen LogP contribution is 2.26. The molecule has 0 saturated heterocycles. The van der Waals surface area contributed by atoms with Crippen LogP contribution in [0, 0.1) is 5.92 Å². The minimum Gasteiger partial charge on any atom is -0.493 e. The van der Waals surface area contributed by atoms with Crippen LogP contribution < -0.4 is 10.1 Å². The molecule has 1 aliphatic rings. The van der Waals surface area contributed by atoms with E-state index in [1.54, 1.807) is 12.4 Å². The molecule has 1 amide bonds. The molecule has 0 aliphatic carbocycles. The van der Waals surface area contributed by atoms with Crippen molar-refractivity contribution in [2.24, 2.45) is 5.92 Å². The van der Waals surface area contributed by atoms with E-state index >= 15 is 0 Å². The molecule has 0 saturated carbocycles. The maximum absolute atomic E-state index is 12.2. The number of para-hydroxylation sites is 1. The molecule has 1 N–H and O–H groups in total. The average molecular weight is 329 g/mol. The summed E-state index contributed by atoms with van der Waals surface area (Å²) in [5, 5.41) is 3.65. The van der Waals surface area contributed by atoms with Crippen LogP contribution >= 0.6 is 11.8 Å². The van der Waals surface area contributed by atoms with E-state index in [0.717, 1.165) is 18.6 Å². The molecule has 0 spiro atoms. The predicted molar refractivity (Wildman–Crippen MR) is 89.9 cm³/mol. The van der Waals surface area contributed by atoms with Gasteiger partial charge in [-0.3, -0.25) is 4.79 Å². The first-order valence-electron chi connectivity index (χ1n) is 7.61. The summed E-state index contributed by atoms with van der Waals surface area (Å²) in [6.45, 7) is 1.31. The highest BCUT2D eigenvalue weighted by Gasteiger charge is 2.18. The number of hydrogen-bond acceptors (Lipinski definition) is 5. The Kier molecular flexibility index (Phi) is 5.12. The van der Waals surface area contributed by atoms with Crippen LogP contribution in [-0.4, -0.2) is 35.3 Å². The molecule has 2 heterocycles. The van der Waals surface area contributed by atoms with Crippen LogP contribution in [0.5, 0.6) is 5.75 Å². The van der Waals surface area contributed by atoms with Crippen molar-refractivity contribution in [1.29, 1.82) is 0 Å². The lowest BCUT2D eigenvalue weighted by Crippen LogP contribution is -2.30. The Balaban J connectivity index is 1.58. The van der Waals surface area contributed by atoms with Crippen LogP contribution in [0.2, 0.25) is 0 Å². The Labute approximate surface area is 139 Å². The number of hydrogen-bond donors (Lipinski definition) is 1. The third-order valence-electron chi connectivity index (χ3n) is 3.89. The van der Waals surface area contributed by atoms with Gasteiger partial charge in [-0.05, 0) is 36.6 Å². The fourth-order valence-corrected chi connectivity index (χ4v) is 2.93. The molecule has 6 heteroatoms. The molecule has 1 atom stereocenters. The van der Waals surface area contributed by atoms with Gasteiger partial charge in [-0.1, -0.05) is 30.0 Å². The number of benzene rings is 1. The van der Waals surface area contributed by atoms with Crippen molar-refractivity contribution >= 4 is 17.7 Å². The van der Waals surface area contributed by atoms with Crippen LogP contribution in [0.25, 0.3) is 0 Å². The van der Waals surface area contributed by atoms with Gasteiger partial charge in [0, 0.05) is 18.9 Å². The lowest BCUT2D eigenvalue weighted by molar-refractivity contribution is 0.0944. The monoisotopic (exact) mass is 329 g/mol. The summed E-state index contributed by atoms with van der Waals surface area (Å²) in [6, 6.07) is 8.10. The van der Waals surface area contributed by atoms with Gasteiger partial charge in [0.15, 0.2) is 5.16 Å². The third-order valence-corrected chi connectivity index (χ3v) is 4.47. The Morgan fingerprint density at radius 1 is 1.35 bits per heavy atom. The van der Waals surface area contributed by atoms with Gasteiger partial charge >= 0.3 is 0 Å². The second-order valence-corrected chi connectivity index (χ2v) is 6.26. The van der Waals surface area contributed by atoms with Crippen LogP contribution in [0.1, 0.15) is 22.3 Å². The molecule has 0 fully saturated rings. The minimum atomic E-state index is -0.129. The molecule has 5 nitrogen and oxygen atoms in total. The van der Waals surface area contributed by atoms with E-state index in [2.05, 4.69) is 21.4 Å². The van der Waals surface area contributed by atoms with Crippen molar-refractivity contribution in [3.8, 4) is 5.75 Å². The summed E-state index contributed by atoms with van der Waals surface area (Å²) in [6.07, 6.45) is 6.88. The number of rotatable bonds is 4. The van der Waals surface area contributed by atoms with E-state index in [9.17, 15) is 4.79 Å². The molecule has 0 bridgehead atoms. The molecule has 1 aromatic carbocycles. The topological polar surface area (TPSA) is 64.1 Å². The molecule has 1 aliphatic heterocycles. The minimum absolute atomic E-state index is 0.129. The van der Waals surface area contributed by atoms with Crippen molar-refractivity contribution in [3.63, 3.8) is 0 Å². The number of ether oxygens (including phenoxy) is 1. The molecule has 120 valence electrons. The van der Waals surface area contributed by atoms with E-state index in [1.165, 1.54) is 17.3 Å². The average Bonchev–Trinajstić information content (AvgIpc) is 2.81. The van der Waals surface area contributed by atoms with Crippen molar-refractivity contribution in [1.82, 2.24) is 15.3 Å². The first-order valence-corrected chi connectivity index (χ1v) is 8.83. The number of nitrogens with one attached hydrogen (secondary N) is 1. The number of carbonyl (C=O) groups is 1. The summed E-state index contributed by atoms with van der Waals surface area (Å²) in [7, 11) is 0. The summed E-state index contributed by atoms with van der Waals surface area (Å²) < 4.78 is 5.76. The molecular formula is C17H19N3O2S. The predicted octanol–water partition coefficient (Wildman–Crippen LogP) is 2.57. The van der Waals surface area contributed by atoms with Crippen LogP contribution in [-0.2, 0) is 6.42 Å². The number of aromatic nitrogens is 2. The Morgan fingerprint density at radius 2 is 2.13 bits per heavy atom. The van der Waals surface area contributed by atoms with Crippen molar-refractivity contribution in [2.45, 2.75) is 18.0 Å². The van der Waals surface area contributed by atoms with Gasteiger partial charge in [0.2, 0.25) is 0 Å². The van der Waals surface area contributed by atoms with Gasteiger partial charge in [-0.15, -0.1) is 0 Å². The van der Waals surface area contributed by atoms with E-state index in [4.69, 9.17) is 4.74 Å². The highest BCUT2D eigenvalue weighted by atomic mass is 32.2. The van der Waals surface area contributed by atoms with Gasteiger partial charge in [-0.2, -0.15) is 0 Å². The van der Waals surface area contributed by atoms with Crippen LogP contribution in [0.4, 0.5) is 0 Å². The molecule has 2 aromatic rings. The number of carbonyl (C=O) groups excluding carboxylic acids is 1. The van der Waals surface area contributed by atoms with Crippen molar-refractivity contribution in [2.75, 3.05) is 19.4 Å². The number of fused-ring (bicyclic) bond motifs is 1. The second-order valence-electron chi connectivity index (χ2n) is 5.48. The zero-order valence-corrected chi connectivity index (χ0v) is 13.8. The fraction of sp³-hybridized carbons (Fsp3) is 0.353.